The Labute approximate surface area is 172 Å². The molecule has 3 aliphatic heterocycles. The number of aliphatic hydroxyl groups is 4. The van der Waals surface area contributed by atoms with Crippen molar-refractivity contribution in [3.8, 4) is 0 Å². The van der Waals surface area contributed by atoms with Gasteiger partial charge < -0.3 is 54.7 Å². The Morgan fingerprint density at radius 1 is 1.17 bits per heavy atom. The summed E-state index contributed by atoms with van der Waals surface area (Å²) in [5.41, 5.74) is 0. The first-order valence-electron chi connectivity index (χ1n) is 9.56. The lowest BCUT2D eigenvalue weighted by Crippen LogP contribution is -2.69. The molecule has 3 rings (SSSR count). The highest BCUT2D eigenvalue weighted by molar-refractivity contribution is 5.77. The Hall–Kier alpha value is -1.42. The molecule has 10 atom stereocenters. The van der Waals surface area contributed by atoms with Crippen molar-refractivity contribution >= 4 is 11.8 Å². The van der Waals surface area contributed by atoms with Crippen LogP contribution >= 0.6 is 0 Å². The van der Waals surface area contributed by atoms with E-state index >= 15 is 0 Å². The van der Waals surface area contributed by atoms with E-state index in [0.29, 0.717) is 0 Å². The molecule has 30 heavy (non-hydrogen) atoms. The van der Waals surface area contributed by atoms with Crippen LogP contribution in [0.4, 0.5) is 0 Å². The minimum absolute atomic E-state index is 0.0669. The number of rotatable bonds is 3. The van der Waals surface area contributed by atoms with Gasteiger partial charge in [-0.05, 0) is 0 Å². The maximum atomic E-state index is 12.1. The topological polar surface area (TPSA) is 185 Å². The van der Waals surface area contributed by atoms with Crippen LogP contribution in [0.1, 0.15) is 6.92 Å². The standard InChI is InChI=1S/C17H28N2O11/c1-6(21)19-10-12(24)14-7(28-16(10)26-2)3-18-9(22)5-27-15-13(25)11(23)8(4-20)29-17(15)30-14/h7-8,10-17,20,23-25H,3-5H2,1-2H3,(H,18,22)(H,19,21)/t7-,8-,10-,11+,12-,13+,14-,15+,16-,17+/m1/s1. The van der Waals surface area contributed by atoms with Gasteiger partial charge in [0.2, 0.25) is 11.8 Å². The molecule has 2 amide bonds. The molecule has 3 heterocycles. The largest absolute Gasteiger partial charge is 0.394 e. The first kappa shape index (κ1) is 23.2. The van der Waals surface area contributed by atoms with Gasteiger partial charge in [0.15, 0.2) is 12.6 Å². The molecule has 0 radical (unpaired) electrons. The average molecular weight is 436 g/mol. The van der Waals surface area contributed by atoms with Gasteiger partial charge in [-0.25, -0.2) is 0 Å². The molecule has 3 aliphatic rings. The highest BCUT2D eigenvalue weighted by atomic mass is 16.7. The van der Waals surface area contributed by atoms with Crippen LogP contribution in [0.15, 0.2) is 0 Å². The van der Waals surface area contributed by atoms with Crippen LogP contribution in [0, 0.1) is 0 Å². The third kappa shape index (κ3) is 4.74. The van der Waals surface area contributed by atoms with Gasteiger partial charge in [0, 0.05) is 20.6 Å². The number of fused-ring (bicyclic) bond motifs is 2. The monoisotopic (exact) mass is 436 g/mol. The SMILES string of the molecule is CO[C@@H]1O[C@@H]2CNC(=O)CO[C@@H]3[C@H](O[C@H]2[C@H](O)[C@H]1NC(C)=O)O[C@H](CO)[C@H](O)[C@@H]3O. The molecule has 0 aromatic heterocycles. The van der Waals surface area contributed by atoms with Crippen molar-refractivity contribution < 1.29 is 53.7 Å². The summed E-state index contributed by atoms with van der Waals surface area (Å²) in [6.45, 7) is 0.128. The van der Waals surface area contributed by atoms with E-state index in [1.54, 1.807) is 0 Å². The normalized spacial score (nSPS) is 44.9. The molecular weight excluding hydrogens is 408 g/mol. The summed E-state index contributed by atoms with van der Waals surface area (Å²) in [7, 11) is 1.34. The Morgan fingerprint density at radius 3 is 2.53 bits per heavy atom. The van der Waals surface area contributed by atoms with E-state index < -0.39 is 86.4 Å². The molecule has 0 spiro atoms. The van der Waals surface area contributed by atoms with Crippen LogP contribution in [0.25, 0.3) is 0 Å². The van der Waals surface area contributed by atoms with Crippen molar-refractivity contribution in [2.24, 2.45) is 0 Å². The summed E-state index contributed by atoms with van der Waals surface area (Å²) in [5, 5.41) is 46.0. The van der Waals surface area contributed by atoms with Crippen molar-refractivity contribution in [3.05, 3.63) is 0 Å². The fraction of sp³-hybridized carbons (Fsp3) is 0.882. The lowest BCUT2D eigenvalue weighted by atomic mass is 9.95. The van der Waals surface area contributed by atoms with E-state index in [1.807, 2.05) is 0 Å². The number of methoxy groups -OCH3 is 1. The maximum Gasteiger partial charge on any atom is 0.246 e. The number of carbonyl (C=O) groups excluding carboxylic acids is 2. The Kier molecular flexibility index (Phi) is 7.60. The van der Waals surface area contributed by atoms with Crippen molar-refractivity contribution in [1.29, 1.82) is 0 Å². The Morgan fingerprint density at radius 2 is 1.90 bits per heavy atom. The molecule has 0 saturated carbocycles. The van der Waals surface area contributed by atoms with Gasteiger partial charge in [-0.3, -0.25) is 9.59 Å². The minimum Gasteiger partial charge on any atom is -0.394 e. The smallest absolute Gasteiger partial charge is 0.246 e. The molecule has 13 heteroatoms. The van der Waals surface area contributed by atoms with Gasteiger partial charge in [-0.15, -0.1) is 0 Å². The fourth-order valence-electron chi connectivity index (χ4n) is 3.78. The number of nitrogens with one attached hydrogen (secondary N) is 2. The molecule has 6 N–H and O–H groups in total. The van der Waals surface area contributed by atoms with Gasteiger partial charge in [0.25, 0.3) is 0 Å². The molecule has 0 bridgehead atoms. The van der Waals surface area contributed by atoms with E-state index in [-0.39, 0.29) is 6.54 Å². The number of hydrogen-bond donors (Lipinski definition) is 6. The summed E-state index contributed by atoms with van der Waals surface area (Å²) in [6.07, 6.45) is -11.3. The zero-order chi connectivity index (χ0) is 22.0. The number of amides is 2. The highest BCUT2D eigenvalue weighted by Crippen LogP contribution is 2.31. The van der Waals surface area contributed by atoms with Crippen molar-refractivity contribution in [1.82, 2.24) is 10.6 Å². The van der Waals surface area contributed by atoms with E-state index in [9.17, 15) is 30.0 Å². The summed E-state index contributed by atoms with van der Waals surface area (Å²) < 4.78 is 27.8. The van der Waals surface area contributed by atoms with Gasteiger partial charge >= 0.3 is 0 Å². The average Bonchev–Trinajstić information content (AvgIpc) is 2.71. The van der Waals surface area contributed by atoms with Crippen molar-refractivity contribution in [2.45, 2.75) is 68.3 Å². The van der Waals surface area contributed by atoms with Crippen LogP contribution in [0.5, 0.6) is 0 Å². The third-order valence-electron chi connectivity index (χ3n) is 5.30. The van der Waals surface area contributed by atoms with Gasteiger partial charge in [-0.1, -0.05) is 0 Å². The third-order valence-corrected chi connectivity index (χ3v) is 5.30. The van der Waals surface area contributed by atoms with Gasteiger partial charge in [-0.2, -0.15) is 0 Å². The van der Waals surface area contributed by atoms with Gasteiger partial charge in [0.1, 0.15) is 55.4 Å². The second kappa shape index (κ2) is 9.80. The van der Waals surface area contributed by atoms with Crippen LogP contribution in [-0.2, 0) is 33.3 Å². The predicted octanol–water partition coefficient (Wildman–Crippen LogP) is -4.44. The summed E-state index contributed by atoms with van der Waals surface area (Å²) in [4.78, 5) is 23.7. The molecule has 0 aliphatic carbocycles. The Balaban J connectivity index is 1.89. The van der Waals surface area contributed by atoms with Crippen LogP contribution < -0.4 is 10.6 Å². The highest BCUT2D eigenvalue weighted by Gasteiger charge is 2.52. The molecule has 13 nitrogen and oxygen atoms in total. The predicted molar refractivity (Wildman–Crippen MR) is 94.7 cm³/mol. The van der Waals surface area contributed by atoms with Crippen LogP contribution in [0.3, 0.4) is 0 Å². The molecule has 0 unspecified atom stereocenters. The molecular formula is C17H28N2O11. The second-order valence-electron chi connectivity index (χ2n) is 7.38. The molecule has 0 aromatic carbocycles. The van der Waals surface area contributed by atoms with Gasteiger partial charge in [0.05, 0.1) is 6.61 Å². The first-order valence-corrected chi connectivity index (χ1v) is 9.56. The summed E-state index contributed by atoms with van der Waals surface area (Å²) >= 11 is 0. The van der Waals surface area contributed by atoms with E-state index in [0.717, 1.165) is 0 Å². The maximum absolute atomic E-state index is 12.1. The minimum atomic E-state index is -1.54. The number of ether oxygens (including phenoxy) is 5. The summed E-state index contributed by atoms with van der Waals surface area (Å²) in [5.74, 6) is -0.971. The number of hydrogen-bond acceptors (Lipinski definition) is 11. The molecule has 0 aromatic rings. The zero-order valence-electron chi connectivity index (χ0n) is 16.5. The van der Waals surface area contributed by atoms with Crippen molar-refractivity contribution in [2.75, 3.05) is 26.9 Å². The lowest BCUT2D eigenvalue weighted by Gasteiger charge is -2.48. The zero-order valence-corrected chi connectivity index (χ0v) is 16.5. The lowest BCUT2D eigenvalue weighted by molar-refractivity contribution is -0.349. The number of carbonyl (C=O) groups is 2. The van der Waals surface area contributed by atoms with E-state index in [4.69, 9.17) is 23.7 Å². The summed E-state index contributed by atoms with van der Waals surface area (Å²) in [6, 6.07) is -1.00. The van der Waals surface area contributed by atoms with E-state index in [2.05, 4.69) is 10.6 Å². The quantitative estimate of drug-likeness (QED) is 0.251. The molecule has 3 fully saturated rings. The second-order valence-corrected chi connectivity index (χ2v) is 7.38. The number of aliphatic hydroxyl groups excluding tert-OH is 4. The fourth-order valence-corrected chi connectivity index (χ4v) is 3.78. The van der Waals surface area contributed by atoms with Crippen LogP contribution in [0.2, 0.25) is 0 Å². The molecule has 3 saturated heterocycles. The molecule has 172 valence electrons. The first-order chi connectivity index (χ1) is 14.3. The Bertz CT molecular complexity index is 621. The van der Waals surface area contributed by atoms with E-state index in [1.165, 1.54) is 14.0 Å². The van der Waals surface area contributed by atoms with Crippen LogP contribution in [-0.4, -0.2) is 120 Å². The van der Waals surface area contributed by atoms with Crippen molar-refractivity contribution in [3.63, 3.8) is 0 Å².